The summed E-state index contributed by atoms with van der Waals surface area (Å²) in [6.45, 7) is 3.91. The molecule has 1 aromatic rings. The Kier molecular flexibility index (Phi) is 4.60. The fourth-order valence-corrected chi connectivity index (χ4v) is 7.85. The number of piperidine rings is 1. The lowest BCUT2D eigenvalue weighted by atomic mass is 9.52. The van der Waals surface area contributed by atoms with Gasteiger partial charge in [0.15, 0.2) is 11.5 Å². The van der Waals surface area contributed by atoms with Crippen LogP contribution in [0.2, 0.25) is 0 Å². The summed E-state index contributed by atoms with van der Waals surface area (Å²) in [5, 5.41) is 23.3. The molecular weight excluding hydrogens is 437 g/mol. The molecule has 1 spiro atoms. The Morgan fingerprint density at radius 3 is 2.76 bits per heavy atom. The third-order valence-electron chi connectivity index (χ3n) is 9.72. The van der Waals surface area contributed by atoms with Gasteiger partial charge in [-0.25, -0.2) is 4.39 Å². The van der Waals surface area contributed by atoms with E-state index in [-0.39, 0.29) is 24.2 Å². The number of alkyl halides is 1. The van der Waals surface area contributed by atoms with Crippen LogP contribution < -0.4 is 4.74 Å². The Bertz CT molecular complexity index is 1030. The molecule has 4 aliphatic heterocycles. The normalized spacial score (nSPS) is 39.0. The zero-order valence-electron chi connectivity index (χ0n) is 19.6. The molecule has 0 radical (unpaired) electrons. The second-order valence-corrected chi connectivity index (χ2v) is 11.6. The van der Waals surface area contributed by atoms with Gasteiger partial charge in [-0.05, 0) is 62.6 Å². The molecule has 34 heavy (non-hydrogen) atoms. The number of aromatic hydroxyl groups is 1. The zero-order valence-corrected chi connectivity index (χ0v) is 19.6. The third kappa shape index (κ3) is 2.88. The molecule has 5 atom stereocenters. The number of carbonyl (C=O) groups excluding carboxylic acids is 1. The van der Waals surface area contributed by atoms with Crippen LogP contribution in [0.3, 0.4) is 0 Å². The van der Waals surface area contributed by atoms with Gasteiger partial charge in [0.25, 0.3) is 0 Å². The lowest BCUT2D eigenvalue weighted by Gasteiger charge is -2.60. The van der Waals surface area contributed by atoms with Gasteiger partial charge in [0.05, 0.1) is 24.1 Å². The molecule has 2 bridgehead atoms. The lowest BCUT2D eigenvalue weighted by molar-refractivity contribution is -0.162. The van der Waals surface area contributed by atoms with Gasteiger partial charge >= 0.3 is 0 Å². The average molecular weight is 472 g/mol. The van der Waals surface area contributed by atoms with E-state index in [4.69, 9.17) is 4.74 Å². The van der Waals surface area contributed by atoms with E-state index in [0.717, 1.165) is 43.0 Å². The molecule has 6 aliphatic rings. The van der Waals surface area contributed by atoms with E-state index in [9.17, 15) is 19.4 Å². The first-order chi connectivity index (χ1) is 16.4. The minimum absolute atomic E-state index is 0.0168. The largest absolute Gasteiger partial charge is 0.504 e. The van der Waals surface area contributed by atoms with Crippen LogP contribution in [0, 0.1) is 5.92 Å². The lowest BCUT2D eigenvalue weighted by Crippen LogP contribution is -2.74. The highest BCUT2D eigenvalue weighted by Crippen LogP contribution is 2.63. The fraction of sp³-hybridized carbons (Fsp3) is 0.731. The summed E-state index contributed by atoms with van der Waals surface area (Å²) in [4.78, 5) is 19.5. The summed E-state index contributed by atoms with van der Waals surface area (Å²) in [6, 6.07) is 3.70. The number of phenols is 1. The number of ether oxygens (including phenoxy) is 1. The van der Waals surface area contributed by atoms with Gasteiger partial charge in [0.1, 0.15) is 12.3 Å². The number of halogens is 1. The predicted molar refractivity (Wildman–Crippen MR) is 123 cm³/mol. The molecule has 184 valence electrons. The second kappa shape index (κ2) is 7.31. The highest BCUT2D eigenvalue weighted by Gasteiger charge is 2.71. The molecule has 4 heterocycles. The number of carbonyl (C=O) groups is 1. The summed E-state index contributed by atoms with van der Waals surface area (Å²) in [5.41, 5.74) is 0.503. The van der Waals surface area contributed by atoms with Crippen LogP contribution in [-0.4, -0.2) is 101 Å². The average Bonchev–Trinajstić information content (AvgIpc) is 3.46. The summed E-state index contributed by atoms with van der Waals surface area (Å²) >= 11 is 0. The van der Waals surface area contributed by atoms with Crippen molar-refractivity contribution in [1.29, 1.82) is 0 Å². The van der Waals surface area contributed by atoms with Crippen molar-refractivity contribution in [3.05, 3.63) is 23.3 Å². The standard InChI is InChI=1S/C26H34FN3O4/c27-18-5-8-28(13-18)15-22(32)30-10-7-26(33)20-11-17-3-4-19(31)24-23(17)25(26,21(14-30)34-24)6-9-29(20)12-16-1-2-16/h3-4,16,18,20-21,31,33H,1-2,5-15H2/t18-,20-,21+,25-,26-/m1/s1. The molecule has 2 aliphatic carbocycles. The number of phenolic OH excluding ortho intramolecular Hbond substituents is 1. The molecule has 7 nitrogen and oxygen atoms in total. The van der Waals surface area contributed by atoms with Crippen molar-refractivity contribution in [2.75, 3.05) is 45.8 Å². The fourth-order valence-electron chi connectivity index (χ4n) is 7.85. The molecule has 4 fully saturated rings. The van der Waals surface area contributed by atoms with Crippen molar-refractivity contribution in [2.45, 2.75) is 67.9 Å². The van der Waals surface area contributed by atoms with Crippen molar-refractivity contribution in [2.24, 2.45) is 5.92 Å². The topological polar surface area (TPSA) is 76.5 Å². The Hall–Kier alpha value is -1.90. The number of likely N-dealkylation sites (tertiary alicyclic amines) is 3. The number of rotatable bonds is 4. The molecule has 2 N–H and O–H groups in total. The second-order valence-electron chi connectivity index (χ2n) is 11.6. The van der Waals surface area contributed by atoms with Gasteiger partial charge in [-0.2, -0.15) is 0 Å². The smallest absolute Gasteiger partial charge is 0.236 e. The minimum Gasteiger partial charge on any atom is -0.504 e. The molecule has 7 rings (SSSR count). The quantitative estimate of drug-likeness (QED) is 0.692. The van der Waals surface area contributed by atoms with Crippen LogP contribution >= 0.6 is 0 Å². The van der Waals surface area contributed by atoms with Crippen molar-refractivity contribution >= 4 is 5.91 Å². The highest BCUT2D eigenvalue weighted by atomic mass is 19.1. The SMILES string of the molecule is O=C(CN1CC[C@@H](F)C1)N1CC[C@@]2(O)[C@H]3Cc4ccc(O)c5c4[C@@]2(CCN3CC2CC2)[C@H](C1)O5. The van der Waals surface area contributed by atoms with Gasteiger partial charge in [0, 0.05) is 37.8 Å². The molecule has 8 heteroatoms. The predicted octanol–water partition coefficient (Wildman–Crippen LogP) is 1.44. The van der Waals surface area contributed by atoms with Gasteiger partial charge in [0.2, 0.25) is 5.91 Å². The van der Waals surface area contributed by atoms with Crippen molar-refractivity contribution in [3.8, 4) is 11.5 Å². The van der Waals surface area contributed by atoms with Gasteiger partial charge in [-0.1, -0.05) is 6.07 Å². The van der Waals surface area contributed by atoms with Crippen LogP contribution in [-0.2, 0) is 16.6 Å². The van der Waals surface area contributed by atoms with E-state index in [1.54, 1.807) is 6.07 Å². The molecule has 1 saturated carbocycles. The third-order valence-corrected chi connectivity index (χ3v) is 9.72. The van der Waals surface area contributed by atoms with Crippen LogP contribution in [0.15, 0.2) is 12.1 Å². The molecule has 1 amide bonds. The van der Waals surface area contributed by atoms with Gasteiger partial charge < -0.3 is 19.8 Å². The van der Waals surface area contributed by atoms with E-state index >= 15 is 0 Å². The summed E-state index contributed by atoms with van der Waals surface area (Å²) in [7, 11) is 0. The number of nitrogens with zero attached hydrogens (tertiary/aromatic N) is 3. The van der Waals surface area contributed by atoms with Crippen molar-refractivity contribution in [3.63, 3.8) is 0 Å². The Morgan fingerprint density at radius 1 is 1.15 bits per heavy atom. The minimum atomic E-state index is -1.02. The Balaban J connectivity index is 1.26. The van der Waals surface area contributed by atoms with Gasteiger partial charge in [-0.3, -0.25) is 14.6 Å². The Morgan fingerprint density at radius 2 is 2.00 bits per heavy atom. The summed E-state index contributed by atoms with van der Waals surface area (Å²) in [5.74, 6) is 1.32. The summed E-state index contributed by atoms with van der Waals surface area (Å²) in [6.07, 6.45) is 3.76. The number of aliphatic hydroxyl groups is 1. The van der Waals surface area contributed by atoms with E-state index in [0.29, 0.717) is 44.8 Å². The number of hydrogen-bond donors (Lipinski definition) is 2. The van der Waals surface area contributed by atoms with E-state index < -0.39 is 23.3 Å². The first-order valence-electron chi connectivity index (χ1n) is 13.0. The van der Waals surface area contributed by atoms with E-state index in [2.05, 4.69) is 4.90 Å². The van der Waals surface area contributed by atoms with Crippen molar-refractivity contribution in [1.82, 2.24) is 14.7 Å². The summed E-state index contributed by atoms with van der Waals surface area (Å²) < 4.78 is 20.1. The van der Waals surface area contributed by atoms with E-state index in [1.807, 2.05) is 15.9 Å². The maximum Gasteiger partial charge on any atom is 0.236 e. The van der Waals surface area contributed by atoms with Crippen LogP contribution in [0.1, 0.15) is 43.2 Å². The van der Waals surface area contributed by atoms with E-state index in [1.165, 1.54) is 12.8 Å². The molecule has 3 saturated heterocycles. The Labute approximate surface area is 199 Å². The maximum absolute atomic E-state index is 13.7. The van der Waals surface area contributed by atoms with Gasteiger partial charge in [-0.15, -0.1) is 0 Å². The highest BCUT2D eigenvalue weighted by molar-refractivity contribution is 5.78. The first-order valence-corrected chi connectivity index (χ1v) is 13.0. The number of amides is 1. The molecular formula is C26H34FN3O4. The molecule has 0 unspecified atom stereocenters. The van der Waals surface area contributed by atoms with Crippen LogP contribution in [0.4, 0.5) is 4.39 Å². The molecule has 1 aromatic carbocycles. The monoisotopic (exact) mass is 471 g/mol. The molecule has 0 aromatic heterocycles. The number of hydrogen-bond acceptors (Lipinski definition) is 6. The van der Waals surface area contributed by atoms with Crippen LogP contribution in [0.5, 0.6) is 11.5 Å². The van der Waals surface area contributed by atoms with Crippen LogP contribution in [0.25, 0.3) is 0 Å². The maximum atomic E-state index is 13.7. The zero-order chi connectivity index (χ0) is 23.2. The van der Waals surface area contributed by atoms with Crippen molar-refractivity contribution < 1.29 is 24.1 Å². The number of benzene rings is 1. The first kappa shape index (κ1) is 21.4.